The lowest BCUT2D eigenvalue weighted by Crippen LogP contribution is -2.10. The molecule has 0 aliphatic rings. The lowest BCUT2D eigenvalue weighted by atomic mass is 10.1. The summed E-state index contributed by atoms with van der Waals surface area (Å²) in [7, 11) is 0. The van der Waals surface area contributed by atoms with Gasteiger partial charge in [-0.2, -0.15) is 9.65 Å². The summed E-state index contributed by atoms with van der Waals surface area (Å²) < 4.78 is 32.1. The highest BCUT2D eigenvalue weighted by Gasteiger charge is 2.17. The molecular weight excluding hydrogens is 300 g/mol. The smallest absolute Gasteiger partial charge is 0.343 e. The molecule has 0 fully saturated rings. The third-order valence-electron chi connectivity index (χ3n) is 3.38. The van der Waals surface area contributed by atoms with Gasteiger partial charge in [0.2, 0.25) is 5.82 Å². The van der Waals surface area contributed by atoms with E-state index in [2.05, 4.69) is 6.92 Å². The van der Waals surface area contributed by atoms with Gasteiger partial charge >= 0.3 is 5.97 Å². The number of rotatable bonds is 5. The number of aryl methyl sites for hydroxylation is 1. The van der Waals surface area contributed by atoms with Gasteiger partial charge in [0, 0.05) is 0 Å². The van der Waals surface area contributed by atoms with Gasteiger partial charge in [-0.1, -0.05) is 25.5 Å². The second-order valence-corrected chi connectivity index (χ2v) is 5.04. The van der Waals surface area contributed by atoms with Crippen molar-refractivity contribution in [3.05, 3.63) is 64.7 Å². The van der Waals surface area contributed by atoms with E-state index in [0.29, 0.717) is 0 Å². The maximum atomic E-state index is 13.7. The van der Waals surface area contributed by atoms with Crippen molar-refractivity contribution in [3.8, 4) is 11.8 Å². The van der Waals surface area contributed by atoms with Crippen LogP contribution >= 0.6 is 0 Å². The van der Waals surface area contributed by atoms with Crippen LogP contribution in [0.15, 0.2) is 36.4 Å². The molecule has 0 aromatic heterocycles. The Balaban J connectivity index is 2.13. The zero-order chi connectivity index (χ0) is 16.8. The molecule has 2 rings (SSSR count). The van der Waals surface area contributed by atoms with E-state index >= 15 is 0 Å². The third-order valence-corrected chi connectivity index (χ3v) is 3.38. The number of hydrogen-bond donors (Lipinski definition) is 0. The van der Waals surface area contributed by atoms with Crippen molar-refractivity contribution in [3.63, 3.8) is 0 Å². The highest BCUT2D eigenvalue weighted by molar-refractivity contribution is 5.91. The molecule has 0 saturated carbocycles. The average molecular weight is 315 g/mol. The Labute approximate surface area is 133 Å². The van der Waals surface area contributed by atoms with Gasteiger partial charge in [0.25, 0.3) is 0 Å². The first kappa shape index (κ1) is 16.6. The molecule has 0 bridgehead atoms. The highest BCUT2D eigenvalue weighted by atomic mass is 19.2. The van der Waals surface area contributed by atoms with E-state index in [4.69, 9.17) is 10.00 Å². The van der Waals surface area contributed by atoms with Crippen LogP contribution in [0.5, 0.6) is 5.75 Å². The molecule has 0 aliphatic heterocycles. The normalized spacial score (nSPS) is 10.2. The predicted molar refractivity (Wildman–Crippen MR) is 81.1 cm³/mol. The van der Waals surface area contributed by atoms with E-state index in [1.807, 2.05) is 12.1 Å². The SMILES string of the molecule is CCCCc1ccc(C(=O)Oc2ccc(C#N)c(F)c2F)cc1. The molecule has 0 amide bonds. The van der Waals surface area contributed by atoms with E-state index in [0.717, 1.165) is 37.0 Å². The van der Waals surface area contributed by atoms with Crippen LogP contribution < -0.4 is 4.74 Å². The first-order valence-electron chi connectivity index (χ1n) is 7.26. The first-order valence-corrected chi connectivity index (χ1v) is 7.26. The number of esters is 1. The molecule has 5 heteroatoms. The fraction of sp³-hybridized carbons (Fsp3) is 0.222. The van der Waals surface area contributed by atoms with Crippen LogP contribution in [0.2, 0.25) is 0 Å². The third kappa shape index (κ3) is 3.92. The van der Waals surface area contributed by atoms with Crippen LogP contribution in [-0.2, 0) is 6.42 Å². The summed E-state index contributed by atoms with van der Waals surface area (Å²) in [5, 5.41) is 8.62. The molecule has 0 radical (unpaired) electrons. The minimum atomic E-state index is -1.35. The predicted octanol–water partition coefficient (Wildman–Crippen LogP) is 4.40. The van der Waals surface area contributed by atoms with E-state index in [9.17, 15) is 13.6 Å². The van der Waals surface area contributed by atoms with Crippen LogP contribution in [0.25, 0.3) is 0 Å². The molecule has 0 spiro atoms. The number of unbranched alkanes of at least 4 members (excludes halogenated alkanes) is 1. The molecule has 23 heavy (non-hydrogen) atoms. The van der Waals surface area contributed by atoms with Crippen molar-refractivity contribution in [2.24, 2.45) is 0 Å². The number of hydrogen-bond acceptors (Lipinski definition) is 3. The fourth-order valence-corrected chi connectivity index (χ4v) is 2.04. The number of benzene rings is 2. The van der Waals surface area contributed by atoms with Gasteiger partial charge in [0.15, 0.2) is 11.6 Å². The van der Waals surface area contributed by atoms with Crippen LogP contribution in [0.3, 0.4) is 0 Å². The summed E-state index contributed by atoms with van der Waals surface area (Å²) >= 11 is 0. The second kappa shape index (κ2) is 7.50. The Bertz CT molecular complexity index is 749. The standard InChI is InChI=1S/C18H15F2NO2/c1-2-3-4-12-5-7-13(8-6-12)18(22)23-15-10-9-14(11-21)16(19)17(15)20/h5-10H,2-4H2,1H3. The molecule has 0 saturated heterocycles. The number of halogens is 2. The number of ether oxygens (including phenoxy) is 1. The van der Waals surface area contributed by atoms with E-state index in [1.165, 1.54) is 6.07 Å². The lowest BCUT2D eigenvalue weighted by molar-refractivity contribution is 0.0726. The second-order valence-electron chi connectivity index (χ2n) is 5.04. The van der Waals surface area contributed by atoms with Crippen LogP contribution in [-0.4, -0.2) is 5.97 Å². The maximum Gasteiger partial charge on any atom is 0.343 e. The summed E-state index contributed by atoms with van der Waals surface area (Å²) in [6.07, 6.45) is 3.05. The Morgan fingerprint density at radius 1 is 1.13 bits per heavy atom. The Kier molecular flexibility index (Phi) is 5.42. The average Bonchev–Trinajstić information content (AvgIpc) is 2.57. The summed E-state index contributed by atoms with van der Waals surface area (Å²) in [5.41, 5.74) is 0.899. The van der Waals surface area contributed by atoms with Gasteiger partial charge in [0.1, 0.15) is 6.07 Å². The van der Waals surface area contributed by atoms with Crippen LogP contribution in [0.1, 0.15) is 41.3 Å². The molecule has 0 atom stereocenters. The van der Waals surface area contributed by atoms with Gasteiger partial charge in [0.05, 0.1) is 11.1 Å². The van der Waals surface area contributed by atoms with Gasteiger partial charge in [-0.05, 0) is 42.7 Å². The molecule has 118 valence electrons. The molecule has 2 aromatic rings. The summed E-state index contributed by atoms with van der Waals surface area (Å²) in [5.74, 6) is -4.00. The molecule has 2 aromatic carbocycles. The number of carbonyl (C=O) groups is 1. The Morgan fingerprint density at radius 3 is 2.43 bits per heavy atom. The topological polar surface area (TPSA) is 50.1 Å². The quantitative estimate of drug-likeness (QED) is 0.607. The minimum absolute atomic E-state index is 0.245. The summed E-state index contributed by atoms with van der Waals surface area (Å²) in [6, 6.07) is 10.4. The molecule has 0 heterocycles. The van der Waals surface area contributed by atoms with Crippen LogP contribution in [0.4, 0.5) is 8.78 Å². The number of carbonyl (C=O) groups excluding carboxylic acids is 1. The van der Waals surface area contributed by atoms with Crippen molar-refractivity contribution < 1.29 is 18.3 Å². The largest absolute Gasteiger partial charge is 0.420 e. The van der Waals surface area contributed by atoms with E-state index in [-0.39, 0.29) is 5.56 Å². The Morgan fingerprint density at radius 2 is 1.83 bits per heavy atom. The molecule has 0 aliphatic carbocycles. The molecule has 0 N–H and O–H groups in total. The Hall–Kier alpha value is -2.74. The van der Waals surface area contributed by atoms with Gasteiger partial charge < -0.3 is 4.74 Å². The molecule has 3 nitrogen and oxygen atoms in total. The zero-order valence-electron chi connectivity index (χ0n) is 12.6. The monoisotopic (exact) mass is 315 g/mol. The summed E-state index contributed by atoms with van der Waals surface area (Å²) in [4.78, 5) is 12.0. The lowest BCUT2D eigenvalue weighted by Gasteiger charge is -2.07. The number of nitriles is 1. The van der Waals surface area contributed by atoms with Crippen molar-refractivity contribution in [1.29, 1.82) is 5.26 Å². The molecule has 0 unspecified atom stereocenters. The maximum absolute atomic E-state index is 13.7. The fourth-order valence-electron chi connectivity index (χ4n) is 2.04. The van der Waals surface area contributed by atoms with E-state index in [1.54, 1.807) is 12.1 Å². The van der Waals surface area contributed by atoms with Gasteiger partial charge in [-0.3, -0.25) is 0 Å². The van der Waals surface area contributed by atoms with Crippen molar-refractivity contribution >= 4 is 5.97 Å². The van der Waals surface area contributed by atoms with Gasteiger partial charge in [-0.15, -0.1) is 0 Å². The zero-order valence-corrected chi connectivity index (χ0v) is 12.6. The van der Waals surface area contributed by atoms with Crippen molar-refractivity contribution in [1.82, 2.24) is 0 Å². The minimum Gasteiger partial charge on any atom is -0.420 e. The summed E-state index contributed by atoms with van der Waals surface area (Å²) in [6.45, 7) is 2.09. The van der Waals surface area contributed by atoms with Crippen molar-refractivity contribution in [2.75, 3.05) is 0 Å². The first-order chi connectivity index (χ1) is 11.1. The number of nitrogens with zero attached hydrogens (tertiary/aromatic N) is 1. The van der Waals surface area contributed by atoms with E-state index < -0.39 is 28.9 Å². The highest BCUT2D eigenvalue weighted by Crippen LogP contribution is 2.23. The van der Waals surface area contributed by atoms with Crippen LogP contribution in [0, 0.1) is 23.0 Å². The molecular formula is C18H15F2NO2. The van der Waals surface area contributed by atoms with Gasteiger partial charge in [-0.25, -0.2) is 9.18 Å². The van der Waals surface area contributed by atoms with Crippen molar-refractivity contribution in [2.45, 2.75) is 26.2 Å².